The molecule has 0 amide bonds. The summed E-state index contributed by atoms with van der Waals surface area (Å²) >= 11 is 7.24. The topological polar surface area (TPSA) is 64.7 Å². The van der Waals surface area contributed by atoms with Gasteiger partial charge in [-0.15, -0.1) is 10.2 Å². The maximum Gasteiger partial charge on any atom is 0.181 e. The molecule has 0 aliphatic rings. The van der Waals surface area contributed by atoms with E-state index in [9.17, 15) is 4.39 Å². The number of anilines is 1. The van der Waals surface area contributed by atoms with E-state index in [0.717, 1.165) is 15.8 Å². The number of nitrogens with two attached hydrogens (primary N) is 1. The van der Waals surface area contributed by atoms with Crippen LogP contribution in [0.3, 0.4) is 0 Å². The minimum atomic E-state index is -0.401. The molecule has 1 aromatic carbocycles. The molecule has 2 heterocycles. The molecule has 0 atom stereocenters. The number of benzene rings is 1. The first kappa shape index (κ1) is 13.2. The molecule has 0 aliphatic heterocycles. The number of nitrogens with zero attached hydrogens (tertiary/aromatic N) is 3. The monoisotopic (exact) mass is 308 g/mol. The van der Waals surface area contributed by atoms with Gasteiger partial charge >= 0.3 is 0 Å². The number of rotatable bonds is 1. The summed E-state index contributed by atoms with van der Waals surface area (Å²) in [5.74, 6) is -0.401. The van der Waals surface area contributed by atoms with Gasteiger partial charge in [-0.1, -0.05) is 22.9 Å². The average molecular weight is 309 g/mol. The molecule has 2 aromatic heterocycles. The highest BCUT2D eigenvalue weighted by molar-refractivity contribution is 7.22. The van der Waals surface area contributed by atoms with Gasteiger partial charge in [-0.3, -0.25) is 0 Å². The minimum Gasteiger partial charge on any atom is -0.375 e. The van der Waals surface area contributed by atoms with Crippen LogP contribution in [-0.4, -0.2) is 15.2 Å². The van der Waals surface area contributed by atoms with Gasteiger partial charge in [-0.25, -0.2) is 9.37 Å². The number of nitrogen functional groups attached to an aromatic ring is 1. The third kappa shape index (κ3) is 1.92. The zero-order valence-electron chi connectivity index (χ0n) is 10.7. The first-order valence-corrected chi connectivity index (χ1v) is 7.02. The molecule has 0 spiro atoms. The normalized spacial score (nSPS) is 11.2. The van der Waals surface area contributed by atoms with Crippen molar-refractivity contribution < 1.29 is 4.39 Å². The highest BCUT2D eigenvalue weighted by Gasteiger charge is 2.19. The van der Waals surface area contributed by atoms with E-state index in [-0.39, 0.29) is 0 Å². The Morgan fingerprint density at radius 1 is 1.20 bits per heavy atom. The summed E-state index contributed by atoms with van der Waals surface area (Å²) in [6.45, 7) is 3.66. The molecule has 0 radical (unpaired) electrons. The summed E-state index contributed by atoms with van der Waals surface area (Å²) in [7, 11) is 0. The van der Waals surface area contributed by atoms with E-state index in [1.807, 2.05) is 13.8 Å². The standard InChI is InChI=1S/C13H10ClFN4S/c1-5-6(2)12(14)19-18-10(5)9-7(15)3-4-8-11(9)17-13(16)20-8/h3-4H,1-2H3,(H2,16,17). The molecule has 3 aromatic rings. The third-order valence-electron chi connectivity index (χ3n) is 3.23. The van der Waals surface area contributed by atoms with E-state index >= 15 is 0 Å². The first-order valence-electron chi connectivity index (χ1n) is 5.83. The van der Waals surface area contributed by atoms with Crippen molar-refractivity contribution in [3.05, 3.63) is 34.2 Å². The van der Waals surface area contributed by atoms with Crippen LogP contribution in [0.2, 0.25) is 5.15 Å². The predicted molar refractivity (Wildman–Crippen MR) is 79.5 cm³/mol. The number of aromatic nitrogens is 3. The van der Waals surface area contributed by atoms with Gasteiger partial charge < -0.3 is 5.73 Å². The summed E-state index contributed by atoms with van der Waals surface area (Å²) in [6.07, 6.45) is 0. The lowest BCUT2D eigenvalue weighted by molar-refractivity contribution is 0.631. The van der Waals surface area contributed by atoms with Crippen molar-refractivity contribution in [2.75, 3.05) is 5.73 Å². The maximum absolute atomic E-state index is 14.2. The van der Waals surface area contributed by atoms with E-state index in [0.29, 0.717) is 27.1 Å². The second-order valence-electron chi connectivity index (χ2n) is 4.41. The quantitative estimate of drug-likeness (QED) is 0.743. The molecule has 0 saturated heterocycles. The fraction of sp³-hybridized carbons (Fsp3) is 0.154. The fourth-order valence-electron chi connectivity index (χ4n) is 2.03. The molecule has 4 nitrogen and oxygen atoms in total. The van der Waals surface area contributed by atoms with Crippen molar-refractivity contribution in [3.63, 3.8) is 0 Å². The van der Waals surface area contributed by atoms with Crippen LogP contribution in [0.1, 0.15) is 11.1 Å². The van der Waals surface area contributed by atoms with Crippen molar-refractivity contribution in [2.24, 2.45) is 0 Å². The van der Waals surface area contributed by atoms with Gasteiger partial charge in [0.25, 0.3) is 0 Å². The van der Waals surface area contributed by atoms with Crippen LogP contribution in [0.25, 0.3) is 21.5 Å². The molecule has 3 rings (SSSR count). The summed E-state index contributed by atoms with van der Waals surface area (Å²) in [4.78, 5) is 4.20. The lowest BCUT2D eigenvalue weighted by atomic mass is 10.0. The van der Waals surface area contributed by atoms with Crippen LogP contribution in [0, 0.1) is 19.7 Å². The van der Waals surface area contributed by atoms with Gasteiger partial charge in [0, 0.05) is 0 Å². The lowest BCUT2D eigenvalue weighted by Gasteiger charge is -2.09. The van der Waals surface area contributed by atoms with E-state index in [1.54, 1.807) is 6.07 Å². The fourth-order valence-corrected chi connectivity index (χ4v) is 2.95. The van der Waals surface area contributed by atoms with Gasteiger partial charge in [0.1, 0.15) is 11.5 Å². The molecular formula is C13H10ClFN4S. The summed E-state index contributed by atoms with van der Waals surface area (Å²) in [5.41, 5.74) is 8.53. The van der Waals surface area contributed by atoms with E-state index in [2.05, 4.69) is 15.2 Å². The Kier molecular flexibility index (Phi) is 3.07. The average Bonchev–Trinajstić information content (AvgIpc) is 2.78. The number of hydrogen-bond donors (Lipinski definition) is 1. The third-order valence-corrected chi connectivity index (χ3v) is 4.44. The smallest absolute Gasteiger partial charge is 0.181 e. The van der Waals surface area contributed by atoms with Crippen LogP contribution in [-0.2, 0) is 0 Å². The van der Waals surface area contributed by atoms with Crippen LogP contribution < -0.4 is 5.73 Å². The molecule has 7 heteroatoms. The Balaban J connectivity index is 2.40. The van der Waals surface area contributed by atoms with Gasteiger partial charge in [0.2, 0.25) is 0 Å². The summed E-state index contributed by atoms with van der Waals surface area (Å²) in [5, 5.41) is 8.60. The van der Waals surface area contributed by atoms with Crippen LogP contribution >= 0.6 is 22.9 Å². The van der Waals surface area contributed by atoms with Gasteiger partial charge in [-0.05, 0) is 37.1 Å². The Morgan fingerprint density at radius 3 is 2.70 bits per heavy atom. The summed E-state index contributed by atoms with van der Waals surface area (Å²) in [6, 6.07) is 3.05. The Labute approximate surface area is 123 Å². The van der Waals surface area contributed by atoms with E-state index in [4.69, 9.17) is 17.3 Å². The Morgan fingerprint density at radius 2 is 1.95 bits per heavy atom. The SMILES string of the molecule is Cc1c(Cl)nnc(-c2c(F)ccc3sc(N)nc23)c1C. The number of thiazole rings is 1. The molecule has 0 unspecified atom stereocenters. The zero-order valence-corrected chi connectivity index (χ0v) is 12.3. The number of hydrogen-bond acceptors (Lipinski definition) is 5. The molecule has 0 saturated carbocycles. The molecule has 0 aliphatic carbocycles. The van der Waals surface area contributed by atoms with Crippen LogP contribution in [0.4, 0.5) is 9.52 Å². The maximum atomic E-state index is 14.2. The first-order chi connectivity index (χ1) is 9.49. The van der Waals surface area contributed by atoms with Gasteiger partial charge in [0.05, 0.1) is 15.8 Å². The summed E-state index contributed by atoms with van der Waals surface area (Å²) < 4.78 is 15.1. The Bertz CT molecular complexity index is 831. The second-order valence-corrected chi connectivity index (χ2v) is 5.83. The largest absolute Gasteiger partial charge is 0.375 e. The van der Waals surface area contributed by atoms with E-state index < -0.39 is 5.82 Å². The molecule has 0 bridgehead atoms. The lowest BCUT2D eigenvalue weighted by Crippen LogP contribution is -1.99. The molecule has 0 fully saturated rings. The molecule has 20 heavy (non-hydrogen) atoms. The minimum absolute atomic E-state index is 0.316. The number of halogens is 2. The van der Waals surface area contributed by atoms with Crippen molar-refractivity contribution in [1.82, 2.24) is 15.2 Å². The van der Waals surface area contributed by atoms with Crippen LogP contribution in [0.5, 0.6) is 0 Å². The van der Waals surface area contributed by atoms with Crippen molar-refractivity contribution in [2.45, 2.75) is 13.8 Å². The van der Waals surface area contributed by atoms with Crippen LogP contribution in [0.15, 0.2) is 12.1 Å². The van der Waals surface area contributed by atoms with Crippen molar-refractivity contribution in [3.8, 4) is 11.3 Å². The van der Waals surface area contributed by atoms with Gasteiger partial charge in [-0.2, -0.15) is 0 Å². The van der Waals surface area contributed by atoms with Crippen molar-refractivity contribution >= 4 is 38.3 Å². The highest BCUT2D eigenvalue weighted by atomic mass is 35.5. The second kappa shape index (κ2) is 4.64. The van der Waals surface area contributed by atoms with E-state index in [1.165, 1.54) is 17.4 Å². The zero-order chi connectivity index (χ0) is 14.4. The number of fused-ring (bicyclic) bond motifs is 1. The molecular weight excluding hydrogens is 299 g/mol. The van der Waals surface area contributed by atoms with Crippen molar-refractivity contribution in [1.29, 1.82) is 0 Å². The van der Waals surface area contributed by atoms with Gasteiger partial charge in [0.15, 0.2) is 10.3 Å². The Hall–Kier alpha value is -1.79. The molecule has 2 N–H and O–H groups in total. The predicted octanol–water partition coefficient (Wildman–Crippen LogP) is 3.74. The molecule has 102 valence electrons. The highest BCUT2D eigenvalue weighted by Crippen LogP contribution is 2.36.